The summed E-state index contributed by atoms with van der Waals surface area (Å²) in [5.74, 6) is -1.66. The molecule has 3 N–H and O–H groups in total. The van der Waals surface area contributed by atoms with Gasteiger partial charge in [0.15, 0.2) is 36.3 Å². The first-order valence-electron chi connectivity index (χ1n) is 31.7. The number of carbonyl (C=O) groups excluding carboxylic acids is 5. The van der Waals surface area contributed by atoms with Crippen LogP contribution in [0.15, 0.2) is 120 Å². The normalized spacial score (nSPS) is 20.1. The van der Waals surface area contributed by atoms with Gasteiger partial charge >= 0.3 is 25.7 Å². The van der Waals surface area contributed by atoms with Crippen LogP contribution in [0.2, 0.25) is 0 Å². The number of anilines is 1. The van der Waals surface area contributed by atoms with Crippen molar-refractivity contribution in [2.45, 2.75) is 129 Å². The molecule has 0 bridgehead atoms. The number of nitrogens with one attached hydrogen (secondary N) is 3. The van der Waals surface area contributed by atoms with Crippen LogP contribution in [0.4, 0.5) is 5.95 Å². The van der Waals surface area contributed by atoms with Crippen molar-refractivity contribution >= 4 is 54.6 Å². The smallest absolute Gasteiger partial charge is 0.409 e. The molecule has 6 aromatic rings. The van der Waals surface area contributed by atoms with E-state index in [0.29, 0.717) is 17.2 Å². The highest BCUT2D eigenvalue weighted by atomic mass is 31.2. The highest BCUT2D eigenvalue weighted by molar-refractivity contribution is 7.51. The van der Waals surface area contributed by atoms with E-state index < -0.39 is 97.7 Å². The SMILES string of the molecule is COc1ccc(C(OC[C@H]2O[C@@H](n3cnc4c(=O)[nH]c(NC(=O)COc5ccccc5)nc43)C[C@@H]2OP(=O)(OCCOCCOCCOCCO[C@@H]2O[C@H](COC(C)=O)[C@H](OC(C)=O)[C@H](OC(C)=O)[C@H]2NC(C)=O)N(C(C)C)C(C)C)(c2ccccc2)c2ccc(OC)cc2)cc1. The Labute approximate surface area is 561 Å². The number of methoxy groups -OCH3 is 2. The molecule has 9 atom stereocenters. The number of rotatable bonds is 37. The number of H-pyrrole nitrogens is 1. The number of ether oxygens (including phenoxy) is 13. The fraction of sp³-hybridized carbons (Fsp3) is 0.493. The molecule has 2 aliphatic heterocycles. The van der Waals surface area contributed by atoms with Gasteiger partial charge in [-0.1, -0.05) is 72.8 Å². The first kappa shape index (κ1) is 74.6. The summed E-state index contributed by atoms with van der Waals surface area (Å²) in [7, 11) is -1.15. The minimum absolute atomic E-state index is 0.0108. The summed E-state index contributed by atoms with van der Waals surface area (Å²) < 4.78 is 109. The summed E-state index contributed by atoms with van der Waals surface area (Å²) >= 11 is 0. The molecule has 2 saturated heterocycles. The summed E-state index contributed by atoms with van der Waals surface area (Å²) in [4.78, 5) is 86.8. The molecule has 2 amide bonds. The van der Waals surface area contributed by atoms with Crippen LogP contribution in [0, 0.1) is 0 Å². The molecule has 4 heterocycles. The van der Waals surface area contributed by atoms with Gasteiger partial charge in [-0.2, -0.15) is 4.98 Å². The van der Waals surface area contributed by atoms with Crippen LogP contribution >= 0.6 is 7.75 Å². The summed E-state index contributed by atoms with van der Waals surface area (Å²) in [6.45, 7) is 11.6. The van der Waals surface area contributed by atoms with Gasteiger partial charge in [-0.05, 0) is 80.8 Å². The third-order valence-corrected chi connectivity index (χ3v) is 17.9. The second-order valence-corrected chi connectivity index (χ2v) is 24.9. The molecule has 97 heavy (non-hydrogen) atoms. The van der Waals surface area contributed by atoms with Crippen molar-refractivity contribution in [3.63, 3.8) is 0 Å². The third kappa shape index (κ3) is 20.2. The number of nitrogens with zero attached hydrogens (tertiary/aromatic N) is 4. The van der Waals surface area contributed by atoms with Crippen molar-refractivity contribution in [3.05, 3.63) is 143 Å². The zero-order chi connectivity index (χ0) is 69.7. The first-order valence-corrected chi connectivity index (χ1v) is 33.2. The second kappa shape index (κ2) is 35.9. The zero-order valence-corrected chi connectivity index (χ0v) is 56.8. The molecule has 0 radical (unpaired) electrons. The number of aromatic amines is 1. The molecule has 4 aromatic carbocycles. The van der Waals surface area contributed by atoms with Crippen molar-refractivity contribution in [2.24, 2.45) is 0 Å². The van der Waals surface area contributed by atoms with Gasteiger partial charge in [0.1, 0.15) is 60.0 Å². The van der Waals surface area contributed by atoms with Crippen molar-refractivity contribution in [2.75, 3.05) is 92.2 Å². The number of imidazole rings is 1. The van der Waals surface area contributed by atoms with Gasteiger partial charge in [0.05, 0.1) is 80.0 Å². The molecule has 526 valence electrons. The number of para-hydroxylation sites is 1. The van der Waals surface area contributed by atoms with Crippen LogP contribution in [0.1, 0.15) is 84.7 Å². The van der Waals surface area contributed by atoms with Gasteiger partial charge in [-0.25, -0.2) is 14.2 Å². The Morgan fingerprint density at radius 3 is 1.79 bits per heavy atom. The number of aromatic nitrogens is 4. The van der Waals surface area contributed by atoms with Crippen molar-refractivity contribution < 1.29 is 99.2 Å². The lowest BCUT2D eigenvalue weighted by Gasteiger charge is -2.44. The average Bonchev–Trinajstić information content (AvgIpc) is 1.76. The van der Waals surface area contributed by atoms with E-state index in [0.717, 1.165) is 30.5 Å². The fourth-order valence-corrected chi connectivity index (χ4v) is 13.6. The second-order valence-electron chi connectivity index (χ2n) is 23.0. The van der Waals surface area contributed by atoms with E-state index in [4.69, 9.17) is 70.6 Å². The maximum absolute atomic E-state index is 15.9. The van der Waals surface area contributed by atoms with Gasteiger partial charge in [-0.3, -0.25) is 52.7 Å². The Morgan fingerprint density at radius 2 is 1.24 bits per heavy atom. The van der Waals surface area contributed by atoms with Gasteiger partial charge < -0.3 is 66.9 Å². The van der Waals surface area contributed by atoms with Crippen LogP contribution in [0.25, 0.3) is 11.2 Å². The van der Waals surface area contributed by atoms with Gasteiger partial charge in [-0.15, -0.1) is 0 Å². The molecule has 30 heteroatoms. The largest absolute Gasteiger partial charge is 0.497 e. The molecule has 2 aromatic heterocycles. The average molecular weight is 1370 g/mol. The lowest BCUT2D eigenvalue weighted by molar-refractivity contribution is -0.279. The Kier molecular flexibility index (Phi) is 27.6. The first-order chi connectivity index (χ1) is 46.6. The van der Waals surface area contributed by atoms with Crippen LogP contribution in [-0.2, 0) is 90.6 Å². The summed E-state index contributed by atoms with van der Waals surface area (Å²) in [5.41, 5.74) is 0.313. The highest BCUT2D eigenvalue weighted by Crippen LogP contribution is 2.57. The number of esters is 3. The fourth-order valence-electron chi connectivity index (χ4n) is 11.3. The van der Waals surface area contributed by atoms with Crippen LogP contribution < -0.4 is 30.4 Å². The van der Waals surface area contributed by atoms with Gasteiger partial charge in [0.25, 0.3) is 11.5 Å². The molecule has 2 fully saturated rings. The van der Waals surface area contributed by atoms with E-state index >= 15 is 4.57 Å². The Hall–Kier alpha value is -8.19. The third-order valence-electron chi connectivity index (χ3n) is 15.3. The lowest BCUT2D eigenvalue weighted by atomic mass is 9.80. The lowest BCUT2D eigenvalue weighted by Crippen LogP contribution is -2.66. The number of carbonyl (C=O) groups is 5. The molecule has 0 spiro atoms. The van der Waals surface area contributed by atoms with E-state index in [1.807, 2.05) is 113 Å². The van der Waals surface area contributed by atoms with Gasteiger partial charge in [0.2, 0.25) is 11.9 Å². The van der Waals surface area contributed by atoms with E-state index in [2.05, 4.69) is 25.6 Å². The number of hydrogen-bond donors (Lipinski definition) is 3. The van der Waals surface area contributed by atoms with Crippen LogP contribution in [-0.4, -0.2) is 196 Å². The number of amides is 2. The number of fused-ring (bicyclic) bond motifs is 1. The molecule has 8 rings (SSSR count). The Bertz CT molecular complexity index is 3560. The highest BCUT2D eigenvalue weighted by Gasteiger charge is 2.52. The monoisotopic (exact) mass is 1370 g/mol. The Morgan fingerprint density at radius 1 is 0.680 bits per heavy atom. The van der Waals surface area contributed by atoms with E-state index in [1.54, 1.807) is 47.7 Å². The maximum Gasteiger partial charge on any atom is 0.409 e. The quantitative estimate of drug-likeness (QED) is 0.0119. The van der Waals surface area contributed by atoms with Crippen molar-refractivity contribution in [3.8, 4) is 17.2 Å². The minimum atomic E-state index is -4.33. The maximum atomic E-state index is 15.9. The molecule has 1 unspecified atom stereocenters. The predicted molar refractivity (Wildman–Crippen MR) is 348 cm³/mol. The van der Waals surface area contributed by atoms with Gasteiger partial charge in [0, 0.05) is 46.2 Å². The molecule has 0 saturated carbocycles. The Balaban J connectivity index is 0.954. The molecule has 29 nitrogen and oxygen atoms in total. The molecular weight excluding hydrogens is 1290 g/mol. The van der Waals surface area contributed by atoms with Crippen molar-refractivity contribution in [1.82, 2.24) is 29.5 Å². The standard InChI is InChI=1S/C67H86N7O22P/c1-42(2)74(43(3)4)97(81,91-36-34-86-32-30-84-29-31-85-33-35-87-65-59(69-44(5)75)62(93-47(8)78)61(92-46(7)77)56(95-65)38-88-45(6)76)96-54-37-58(73-41-68-60-63(73)71-66(72-64(60)80)70-57(79)40-89-53-19-15-12-16-20-53)94-55(54)39-90-67(48-17-13-11-14-18-48,49-21-25-51(82-9)26-22-49)50-23-27-52(83-10)28-24-50/h11-28,41-43,54-56,58-59,61-62,65H,29-40H2,1-10H3,(H,69,75)(H2,70,71,72,79,80)/t54-,55+,56+,58+,59+,61-,62+,65+,97?/m0/s1. The molecular formula is C67H86N7O22P. The van der Waals surface area contributed by atoms with E-state index in [1.165, 1.54) is 20.2 Å². The minimum Gasteiger partial charge on any atom is -0.497 e. The van der Waals surface area contributed by atoms with Crippen LogP contribution in [0.3, 0.4) is 0 Å². The zero-order valence-electron chi connectivity index (χ0n) is 55.9. The summed E-state index contributed by atoms with van der Waals surface area (Å²) in [5, 5.41) is 5.26. The summed E-state index contributed by atoms with van der Waals surface area (Å²) in [6.07, 6.45) is -6.53. The van der Waals surface area contributed by atoms with E-state index in [-0.39, 0.29) is 108 Å². The molecule has 0 aliphatic carbocycles. The van der Waals surface area contributed by atoms with Crippen LogP contribution in [0.5, 0.6) is 17.2 Å². The number of hydrogen-bond acceptors (Lipinski definition) is 24. The molecule has 2 aliphatic rings. The summed E-state index contributed by atoms with van der Waals surface area (Å²) in [6, 6.07) is 31.6. The number of benzene rings is 4. The van der Waals surface area contributed by atoms with Crippen molar-refractivity contribution in [1.29, 1.82) is 0 Å². The predicted octanol–water partition coefficient (Wildman–Crippen LogP) is 6.80. The van der Waals surface area contributed by atoms with E-state index in [9.17, 15) is 28.8 Å². The topological polar surface area (TPSA) is 332 Å².